The summed E-state index contributed by atoms with van der Waals surface area (Å²) in [5, 5.41) is 8.40. The van der Waals surface area contributed by atoms with E-state index in [9.17, 15) is 14.4 Å². The summed E-state index contributed by atoms with van der Waals surface area (Å²) in [6, 6.07) is 8.47. The Morgan fingerprint density at radius 1 is 1.00 bits per heavy atom. The van der Waals surface area contributed by atoms with Crippen LogP contribution >= 0.6 is 0 Å². The van der Waals surface area contributed by atoms with Crippen molar-refractivity contribution in [2.24, 2.45) is 0 Å². The van der Waals surface area contributed by atoms with Crippen molar-refractivity contribution in [3.63, 3.8) is 0 Å². The zero-order chi connectivity index (χ0) is 23.3. The van der Waals surface area contributed by atoms with Gasteiger partial charge in [-0.2, -0.15) is 0 Å². The van der Waals surface area contributed by atoms with Gasteiger partial charge in [-0.1, -0.05) is 35.5 Å². The van der Waals surface area contributed by atoms with Crippen LogP contribution in [0.1, 0.15) is 26.8 Å². The average Bonchev–Trinajstić information content (AvgIpc) is 3.22. The zero-order valence-corrected chi connectivity index (χ0v) is 18.2. The molecule has 0 radical (unpaired) electrons. The second kappa shape index (κ2) is 10.3. The summed E-state index contributed by atoms with van der Waals surface area (Å²) in [5.41, 5.74) is 1.38. The number of ether oxygens (including phenoxy) is 5. The lowest BCUT2D eigenvalue weighted by atomic mass is 9.95. The molecule has 11 nitrogen and oxygen atoms in total. The summed E-state index contributed by atoms with van der Waals surface area (Å²) < 4.78 is 28.8. The van der Waals surface area contributed by atoms with Crippen LogP contribution in [0.4, 0.5) is 0 Å². The molecule has 0 aliphatic carbocycles. The lowest BCUT2D eigenvalue weighted by molar-refractivity contribution is -0.286. The van der Waals surface area contributed by atoms with Crippen molar-refractivity contribution in [1.82, 2.24) is 15.0 Å². The number of esters is 3. The molecule has 11 heteroatoms. The van der Waals surface area contributed by atoms with Gasteiger partial charge in [-0.05, 0) is 0 Å². The summed E-state index contributed by atoms with van der Waals surface area (Å²) in [5.74, 6) is -1.72. The topological polar surface area (TPSA) is 128 Å². The van der Waals surface area contributed by atoms with Crippen LogP contribution in [0.25, 0.3) is 11.3 Å². The summed E-state index contributed by atoms with van der Waals surface area (Å²) in [6.45, 7) is 3.52. The van der Waals surface area contributed by atoms with E-state index in [4.69, 9.17) is 23.7 Å². The number of hydrogen-bond acceptors (Lipinski definition) is 10. The Hall–Kier alpha value is -3.31. The molecular weight excluding hydrogens is 422 g/mol. The first-order chi connectivity index (χ1) is 15.3. The molecular formula is C21H25N3O8. The fraction of sp³-hybridized carbons (Fsp3) is 0.476. The highest BCUT2D eigenvalue weighted by Gasteiger charge is 2.52. The van der Waals surface area contributed by atoms with Crippen molar-refractivity contribution >= 4 is 17.9 Å². The molecule has 172 valence electrons. The van der Waals surface area contributed by atoms with Crippen molar-refractivity contribution in [3.05, 3.63) is 36.5 Å². The van der Waals surface area contributed by atoms with Crippen molar-refractivity contribution in [3.8, 4) is 11.3 Å². The minimum atomic E-state index is -1.04. The molecule has 1 fully saturated rings. The molecule has 1 saturated heterocycles. The van der Waals surface area contributed by atoms with Crippen LogP contribution in [0.5, 0.6) is 0 Å². The molecule has 1 aliphatic rings. The summed E-state index contributed by atoms with van der Waals surface area (Å²) in [7, 11) is 1.38. The smallest absolute Gasteiger partial charge is 0.303 e. The fourth-order valence-electron chi connectivity index (χ4n) is 3.54. The Balaban J connectivity index is 2.04. The first-order valence-electron chi connectivity index (χ1n) is 9.93. The van der Waals surface area contributed by atoms with Gasteiger partial charge in [0.05, 0.1) is 6.20 Å². The van der Waals surface area contributed by atoms with Crippen molar-refractivity contribution in [2.75, 3.05) is 13.7 Å². The Kier molecular flexibility index (Phi) is 7.54. The van der Waals surface area contributed by atoms with Crippen LogP contribution in [0.2, 0.25) is 0 Å². The third-order valence-corrected chi connectivity index (χ3v) is 4.79. The third-order valence-electron chi connectivity index (χ3n) is 4.79. The first kappa shape index (κ1) is 23.4. The van der Waals surface area contributed by atoms with Crippen molar-refractivity contribution in [2.45, 2.75) is 51.4 Å². The zero-order valence-electron chi connectivity index (χ0n) is 18.2. The quantitative estimate of drug-likeness (QED) is 0.452. The predicted octanol–water partition coefficient (Wildman–Crippen LogP) is 1.28. The number of hydrogen-bond donors (Lipinski definition) is 0. The Morgan fingerprint density at radius 2 is 1.66 bits per heavy atom. The molecule has 0 saturated carbocycles. The Labute approximate surface area is 184 Å². The van der Waals surface area contributed by atoms with E-state index < -0.39 is 48.6 Å². The molecule has 2 heterocycles. The minimum absolute atomic E-state index is 0.212. The van der Waals surface area contributed by atoms with Crippen LogP contribution < -0.4 is 0 Å². The highest BCUT2D eigenvalue weighted by molar-refractivity contribution is 5.67. The van der Waals surface area contributed by atoms with Gasteiger partial charge in [0.15, 0.2) is 18.5 Å². The normalized spacial score (nSPS) is 25.1. The minimum Gasteiger partial charge on any atom is -0.463 e. The van der Waals surface area contributed by atoms with Crippen LogP contribution in [0, 0.1) is 0 Å². The van der Waals surface area contributed by atoms with Crippen LogP contribution in [-0.4, -0.2) is 71.2 Å². The first-order valence-corrected chi connectivity index (χ1v) is 9.93. The van der Waals surface area contributed by atoms with Gasteiger partial charge in [0.1, 0.15) is 24.4 Å². The highest BCUT2D eigenvalue weighted by Crippen LogP contribution is 2.35. The second-order valence-electron chi connectivity index (χ2n) is 7.17. The maximum Gasteiger partial charge on any atom is 0.303 e. The maximum atomic E-state index is 11.9. The van der Waals surface area contributed by atoms with Gasteiger partial charge in [-0.25, -0.2) is 4.68 Å². The number of nitrogens with zero attached hydrogens (tertiary/aromatic N) is 3. The molecule has 1 aromatic carbocycles. The van der Waals surface area contributed by atoms with E-state index in [0.717, 1.165) is 5.56 Å². The third kappa shape index (κ3) is 5.48. The SMILES string of the molecule is CO[C@H]1O[C@H](COC(C)=O)[C@@H](OC(C)=O)C(n2cc(-c3ccccc3)nn2)[C@@H]1OC(C)=O. The van der Waals surface area contributed by atoms with Gasteiger partial charge >= 0.3 is 17.9 Å². The van der Waals surface area contributed by atoms with Gasteiger partial charge in [0, 0.05) is 33.4 Å². The Morgan fingerprint density at radius 3 is 2.25 bits per heavy atom. The van der Waals surface area contributed by atoms with E-state index in [1.54, 1.807) is 6.20 Å². The molecule has 1 aromatic heterocycles. The van der Waals surface area contributed by atoms with E-state index in [1.807, 2.05) is 30.3 Å². The van der Waals surface area contributed by atoms with Gasteiger partial charge in [-0.3, -0.25) is 14.4 Å². The molecule has 0 N–H and O–H groups in total. The van der Waals surface area contributed by atoms with Gasteiger partial charge in [0.2, 0.25) is 0 Å². The van der Waals surface area contributed by atoms with E-state index in [0.29, 0.717) is 5.69 Å². The lowest BCUT2D eigenvalue weighted by Crippen LogP contribution is -2.59. The summed E-state index contributed by atoms with van der Waals surface area (Å²) in [6.07, 6.45) is -2.35. The van der Waals surface area contributed by atoms with E-state index in [2.05, 4.69) is 10.3 Å². The number of rotatable bonds is 7. The van der Waals surface area contributed by atoms with Crippen LogP contribution in [-0.2, 0) is 38.1 Å². The van der Waals surface area contributed by atoms with Crippen LogP contribution in [0.15, 0.2) is 36.5 Å². The molecule has 3 rings (SSSR count). The van der Waals surface area contributed by atoms with Gasteiger partial charge in [-0.15, -0.1) is 5.10 Å². The Bertz CT molecular complexity index is 948. The molecule has 1 unspecified atom stereocenters. The molecule has 0 amide bonds. The fourth-order valence-corrected chi connectivity index (χ4v) is 3.54. The van der Waals surface area contributed by atoms with E-state index in [-0.39, 0.29) is 6.61 Å². The molecule has 32 heavy (non-hydrogen) atoms. The number of carbonyl (C=O) groups excluding carboxylic acids is 3. The number of benzene rings is 1. The highest BCUT2D eigenvalue weighted by atomic mass is 16.7. The van der Waals surface area contributed by atoms with E-state index >= 15 is 0 Å². The standard InChI is InChI=1S/C21H25N3O8/c1-12(25)29-11-17-19(30-13(2)26)18(20(31-14(3)27)21(28-4)32-17)24-10-16(22-23-24)15-8-6-5-7-9-15/h5-10,17-21H,11H2,1-4H3/t17-,18?,19-,20+,21+/m1/s1. The predicted molar refractivity (Wildman–Crippen MR) is 108 cm³/mol. The molecule has 2 aromatic rings. The largest absolute Gasteiger partial charge is 0.463 e. The molecule has 0 spiro atoms. The van der Waals surface area contributed by atoms with Crippen LogP contribution in [0.3, 0.4) is 0 Å². The molecule has 1 aliphatic heterocycles. The summed E-state index contributed by atoms with van der Waals surface area (Å²) >= 11 is 0. The second-order valence-corrected chi connectivity index (χ2v) is 7.17. The summed E-state index contributed by atoms with van der Waals surface area (Å²) in [4.78, 5) is 35.1. The van der Waals surface area contributed by atoms with Crippen molar-refractivity contribution < 1.29 is 38.1 Å². The number of carbonyl (C=O) groups is 3. The molecule has 0 bridgehead atoms. The maximum absolute atomic E-state index is 11.9. The van der Waals surface area contributed by atoms with E-state index in [1.165, 1.54) is 32.6 Å². The average molecular weight is 447 g/mol. The van der Waals surface area contributed by atoms with Crippen molar-refractivity contribution in [1.29, 1.82) is 0 Å². The number of methoxy groups -OCH3 is 1. The van der Waals surface area contributed by atoms with Gasteiger partial charge < -0.3 is 23.7 Å². The molecule has 5 atom stereocenters. The number of aromatic nitrogens is 3. The lowest BCUT2D eigenvalue weighted by Gasteiger charge is -2.44. The van der Waals surface area contributed by atoms with Gasteiger partial charge in [0.25, 0.3) is 0 Å². The monoisotopic (exact) mass is 447 g/mol.